The number of carbonyl (C=O) groups excluding carboxylic acids is 1. The fourth-order valence-electron chi connectivity index (χ4n) is 4.47. The van der Waals surface area contributed by atoms with Crippen LogP contribution in [0.3, 0.4) is 0 Å². The van der Waals surface area contributed by atoms with Gasteiger partial charge in [0.25, 0.3) is 5.91 Å². The van der Waals surface area contributed by atoms with Gasteiger partial charge in [0.1, 0.15) is 23.8 Å². The summed E-state index contributed by atoms with van der Waals surface area (Å²) in [6, 6.07) is 17.6. The van der Waals surface area contributed by atoms with E-state index in [0.29, 0.717) is 55.1 Å². The van der Waals surface area contributed by atoms with E-state index in [1.165, 1.54) is 5.56 Å². The number of nitrogens with zero attached hydrogens (tertiary/aromatic N) is 1. The molecule has 1 N–H and O–H groups in total. The minimum Gasteiger partial charge on any atom is -0.496 e. The number of aryl methyl sites for hydroxylation is 1. The molecule has 0 unspecified atom stereocenters. The predicted octanol–water partition coefficient (Wildman–Crippen LogP) is 5.99. The number of hydrogen-bond acceptors (Lipinski definition) is 6. The Morgan fingerprint density at radius 3 is 2.40 bits per heavy atom. The first-order valence-electron chi connectivity index (χ1n) is 13.4. The van der Waals surface area contributed by atoms with Crippen LogP contribution in [-0.4, -0.2) is 42.8 Å². The largest absolute Gasteiger partial charge is 0.496 e. The zero-order valence-electron chi connectivity index (χ0n) is 23.7. The quantitative estimate of drug-likeness (QED) is 0.216. The Morgan fingerprint density at radius 2 is 1.65 bits per heavy atom. The SMILES string of the molecule is CCOc1ccc(CCN2C(=O)/C(=C\c3ccc(OC)c(COc4cccc(C)c4C)c3)NC2=S)cc1OCC. The maximum absolute atomic E-state index is 13.3. The van der Waals surface area contributed by atoms with Crippen molar-refractivity contribution in [3.63, 3.8) is 0 Å². The zero-order valence-corrected chi connectivity index (χ0v) is 24.5. The first-order valence-corrected chi connectivity index (χ1v) is 13.8. The van der Waals surface area contributed by atoms with E-state index in [0.717, 1.165) is 33.8 Å². The van der Waals surface area contributed by atoms with Crippen molar-refractivity contribution in [3.05, 3.63) is 88.1 Å². The molecule has 1 saturated heterocycles. The number of thiocarbonyl (C=S) groups is 1. The average Bonchev–Trinajstić information content (AvgIpc) is 3.21. The number of benzene rings is 3. The van der Waals surface area contributed by atoms with Gasteiger partial charge in [0.15, 0.2) is 16.6 Å². The molecule has 1 aliphatic heterocycles. The summed E-state index contributed by atoms with van der Waals surface area (Å²) in [7, 11) is 1.63. The molecule has 0 saturated carbocycles. The summed E-state index contributed by atoms with van der Waals surface area (Å²) in [5.74, 6) is 2.81. The van der Waals surface area contributed by atoms with Crippen LogP contribution < -0.4 is 24.3 Å². The Labute approximate surface area is 241 Å². The van der Waals surface area contributed by atoms with Crippen LogP contribution in [0.2, 0.25) is 0 Å². The molecule has 7 nitrogen and oxygen atoms in total. The van der Waals surface area contributed by atoms with Crippen LogP contribution in [0.1, 0.15) is 41.7 Å². The van der Waals surface area contributed by atoms with E-state index in [1.807, 2.05) is 69.3 Å². The number of nitrogens with one attached hydrogen (secondary N) is 1. The lowest BCUT2D eigenvalue weighted by molar-refractivity contribution is -0.122. The molecule has 1 fully saturated rings. The number of hydrogen-bond donors (Lipinski definition) is 1. The molecule has 8 heteroatoms. The maximum Gasteiger partial charge on any atom is 0.276 e. The smallest absolute Gasteiger partial charge is 0.276 e. The minimum absolute atomic E-state index is 0.162. The van der Waals surface area contributed by atoms with Crippen LogP contribution in [0, 0.1) is 13.8 Å². The Morgan fingerprint density at radius 1 is 0.900 bits per heavy atom. The van der Waals surface area contributed by atoms with Crippen molar-refractivity contribution in [2.24, 2.45) is 0 Å². The topological polar surface area (TPSA) is 69.3 Å². The molecule has 210 valence electrons. The van der Waals surface area contributed by atoms with Crippen molar-refractivity contribution >= 4 is 29.3 Å². The number of methoxy groups -OCH3 is 1. The van der Waals surface area contributed by atoms with Gasteiger partial charge in [0.2, 0.25) is 0 Å². The van der Waals surface area contributed by atoms with Gasteiger partial charge in [0.05, 0.1) is 20.3 Å². The van der Waals surface area contributed by atoms with E-state index < -0.39 is 0 Å². The minimum atomic E-state index is -0.162. The van der Waals surface area contributed by atoms with E-state index in [-0.39, 0.29) is 5.91 Å². The molecule has 1 amide bonds. The molecule has 4 rings (SSSR count). The highest BCUT2D eigenvalue weighted by Gasteiger charge is 2.30. The molecule has 0 atom stereocenters. The molecular formula is C32H36N2O5S. The van der Waals surface area contributed by atoms with Crippen LogP contribution >= 0.6 is 12.2 Å². The molecule has 3 aromatic rings. The van der Waals surface area contributed by atoms with E-state index in [1.54, 1.807) is 18.1 Å². The van der Waals surface area contributed by atoms with E-state index >= 15 is 0 Å². The van der Waals surface area contributed by atoms with Gasteiger partial charge < -0.3 is 24.3 Å². The van der Waals surface area contributed by atoms with Crippen LogP contribution in [0.4, 0.5) is 0 Å². The Balaban J connectivity index is 1.46. The second-order valence-electron chi connectivity index (χ2n) is 9.40. The summed E-state index contributed by atoms with van der Waals surface area (Å²) in [5.41, 5.74) is 5.46. The third-order valence-electron chi connectivity index (χ3n) is 6.75. The number of rotatable bonds is 12. The van der Waals surface area contributed by atoms with Gasteiger partial charge in [-0.25, -0.2) is 0 Å². The molecule has 40 heavy (non-hydrogen) atoms. The standard InChI is InChI=1S/C32H36N2O5S/c1-6-37-29-14-11-23(19-30(29)38-7-2)15-16-34-31(35)26(33-32(34)40)18-24-12-13-28(36-5)25(17-24)20-39-27-10-8-9-21(3)22(27)4/h8-14,17-19H,6-7,15-16,20H2,1-5H3,(H,33,40)/b26-18+. The maximum atomic E-state index is 13.3. The second-order valence-corrected chi connectivity index (χ2v) is 9.79. The third kappa shape index (κ3) is 6.74. The van der Waals surface area contributed by atoms with Crippen LogP contribution in [-0.2, 0) is 17.8 Å². The molecule has 0 radical (unpaired) electrons. The Hall–Kier alpha value is -4.04. The normalized spacial score (nSPS) is 13.9. The highest BCUT2D eigenvalue weighted by Crippen LogP contribution is 2.29. The number of ether oxygens (including phenoxy) is 4. The molecule has 0 spiro atoms. The van der Waals surface area contributed by atoms with Gasteiger partial charge in [-0.15, -0.1) is 0 Å². The first-order chi connectivity index (χ1) is 19.3. The summed E-state index contributed by atoms with van der Waals surface area (Å²) in [4.78, 5) is 14.8. The average molecular weight is 561 g/mol. The van der Waals surface area contributed by atoms with Crippen molar-refractivity contribution < 1.29 is 23.7 Å². The van der Waals surface area contributed by atoms with E-state index in [2.05, 4.69) is 18.3 Å². The van der Waals surface area contributed by atoms with Crippen molar-refractivity contribution in [1.29, 1.82) is 0 Å². The summed E-state index contributed by atoms with van der Waals surface area (Å²) in [6.45, 7) is 9.86. The summed E-state index contributed by atoms with van der Waals surface area (Å²) in [5, 5.41) is 3.47. The van der Waals surface area contributed by atoms with Crippen molar-refractivity contribution in [1.82, 2.24) is 10.2 Å². The summed E-state index contributed by atoms with van der Waals surface area (Å²) >= 11 is 5.50. The van der Waals surface area contributed by atoms with Crippen LogP contribution in [0.15, 0.2) is 60.3 Å². The molecule has 1 heterocycles. The molecular weight excluding hydrogens is 524 g/mol. The lowest BCUT2D eigenvalue weighted by Gasteiger charge is -2.16. The predicted molar refractivity (Wildman–Crippen MR) is 161 cm³/mol. The molecule has 3 aromatic carbocycles. The highest BCUT2D eigenvalue weighted by atomic mass is 32.1. The van der Waals surface area contributed by atoms with Gasteiger partial charge in [-0.05, 0) is 105 Å². The highest BCUT2D eigenvalue weighted by molar-refractivity contribution is 7.80. The van der Waals surface area contributed by atoms with Gasteiger partial charge in [0, 0.05) is 12.1 Å². The second kappa shape index (κ2) is 13.3. The fraction of sp³-hybridized carbons (Fsp3) is 0.312. The van der Waals surface area contributed by atoms with E-state index in [9.17, 15) is 4.79 Å². The molecule has 0 aromatic heterocycles. The monoisotopic (exact) mass is 560 g/mol. The zero-order chi connectivity index (χ0) is 28.6. The van der Waals surface area contributed by atoms with Crippen LogP contribution in [0.5, 0.6) is 23.0 Å². The fourth-order valence-corrected chi connectivity index (χ4v) is 4.75. The van der Waals surface area contributed by atoms with Crippen molar-refractivity contribution in [3.8, 4) is 23.0 Å². The van der Waals surface area contributed by atoms with Gasteiger partial charge in [-0.3, -0.25) is 9.69 Å². The van der Waals surface area contributed by atoms with Crippen molar-refractivity contribution in [2.75, 3.05) is 26.9 Å². The number of amides is 1. The van der Waals surface area contributed by atoms with Crippen LogP contribution in [0.25, 0.3) is 6.08 Å². The van der Waals surface area contributed by atoms with E-state index in [4.69, 9.17) is 31.2 Å². The molecule has 0 aliphatic carbocycles. The summed E-state index contributed by atoms with van der Waals surface area (Å²) in [6.07, 6.45) is 2.43. The third-order valence-corrected chi connectivity index (χ3v) is 7.07. The van der Waals surface area contributed by atoms with Gasteiger partial charge in [-0.2, -0.15) is 0 Å². The summed E-state index contributed by atoms with van der Waals surface area (Å²) < 4.78 is 23.1. The molecule has 0 bridgehead atoms. The molecule has 1 aliphatic rings. The Kier molecular flexibility index (Phi) is 9.66. The first kappa shape index (κ1) is 29.0. The Bertz CT molecular complexity index is 1420. The van der Waals surface area contributed by atoms with Gasteiger partial charge >= 0.3 is 0 Å². The lowest BCUT2D eigenvalue weighted by Crippen LogP contribution is -2.32. The number of carbonyl (C=O) groups is 1. The van der Waals surface area contributed by atoms with Gasteiger partial charge in [-0.1, -0.05) is 24.3 Å². The lowest BCUT2D eigenvalue weighted by atomic mass is 10.1. The van der Waals surface area contributed by atoms with Crippen molar-refractivity contribution in [2.45, 2.75) is 40.7 Å².